The van der Waals surface area contributed by atoms with Crippen LogP contribution in [-0.4, -0.2) is 28.7 Å². The molecule has 0 aliphatic rings. The van der Waals surface area contributed by atoms with Crippen LogP contribution >= 0.6 is 0 Å². The molecule has 22 heavy (non-hydrogen) atoms. The first-order valence-corrected chi connectivity index (χ1v) is 8.91. The van der Waals surface area contributed by atoms with Crippen molar-refractivity contribution in [1.29, 1.82) is 0 Å². The molecule has 2 aromatic heterocycles. The van der Waals surface area contributed by atoms with Crippen molar-refractivity contribution in [2.45, 2.75) is 51.5 Å². The topological polar surface area (TPSA) is 112 Å². The fraction of sp³-hybridized carbons (Fsp3) is 0.692. The normalized spacial score (nSPS) is 12.5. The average molecular weight is 328 g/mol. The Labute approximate surface area is 129 Å². The summed E-state index contributed by atoms with van der Waals surface area (Å²) >= 11 is 0. The fourth-order valence-electron chi connectivity index (χ4n) is 1.79. The molecule has 0 saturated heterocycles. The van der Waals surface area contributed by atoms with Gasteiger partial charge in [-0.25, -0.2) is 8.42 Å². The summed E-state index contributed by atoms with van der Waals surface area (Å²) in [6, 6.07) is 0. The Balaban J connectivity index is 2.02. The first kappa shape index (κ1) is 16.6. The Morgan fingerprint density at radius 2 is 1.64 bits per heavy atom. The van der Waals surface area contributed by atoms with Gasteiger partial charge in [-0.05, 0) is 5.92 Å². The molecule has 0 N–H and O–H groups in total. The number of nitrogens with zero attached hydrogens (tertiary/aromatic N) is 4. The van der Waals surface area contributed by atoms with Crippen LogP contribution in [0.4, 0.5) is 0 Å². The van der Waals surface area contributed by atoms with Crippen molar-refractivity contribution < 1.29 is 17.5 Å². The van der Waals surface area contributed by atoms with E-state index in [2.05, 4.69) is 20.3 Å². The minimum absolute atomic E-state index is 0.0542. The van der Waals surface area contributed by atoms with Gasteiger partial charge < -0.3 is 9.05 Å². The Bertz CT molecular complexity index is 718. The van der Waals surface area contributed by atoms with Crippen LogP contribution in [-0.2, 0) is 27.8 Å². The van der Waals surface area contributed by atoms with E-state index in [-0.39, 0.29) is 29.1 Å². The zero-order valence-electron chi connectivity index (χ0n) is 13.1. The highest BCUT2D eigenvalue weighted by Gasteiger charge is 2.22. The third-order valence-corrected chi connectivity index (χ3v) is 4.16. The highest BCUT2D eigenvalue weighted by molar-refractivity contribution is 7.89. The van der Waals surface area contributed by atoms with Crippen molar-refractivity contribution >= 4 is 9.84 Å². The van der Waals surface area contributed by atoms with Crippen molar-refractivity contribution in [3.63, 3.8) is 0 Å². The number of hydrogen-bond acceptors (Lipinski definition) is 8. The zero-order valence-corrected chi connectivity index (χ0v) is 13.9. The molecule has 0 radical (unpaired) electrons. The monoisotopic (exact) mass is 328 g/mol. The summed E-state index contributed by atoms with van der Waals surface area (Å²) < 4.78 is 34.2. The second-order valence-electron chi connectivity index (χ2n) is 5.94. The molecule has 122 valence electrons. The Hall–Kier alpha value is -1.77. The van der Waals surface area contributed by atoms with Crippen molar-refractivity contribution in [2.75, 3.05) is 0 Å². The molecule has 0 atom stereocenters. The first-order valence-electron chi connectivity index (χ1n) is 7.09. The van der Waals surface area contributed by atoms with Crippen molar-refractivity contribution in [1.82, 2.24) is 20.3 Å². The van der Waals surface area contributed by atoms with Crippen LogP contribution in [0.1, 0.15) is 57.0 Å². The lowest BCUT2D eigenvalue weighted by Gasteiger charge is -1.97. The molecule has 0 unspecified atom stereocenters. The number of hydrogen-bond donors (Lipinski definition) is 0. The van der Waals surface area contributed by atoms with Gasteiger partial charge in [0.15, 0.2) is 21.5 Å². The highest BCUT2D eigenvalue weighted by Crippen LogP contribution is 2.14. The molecule has 0 spiro atoms. The molecular weight excluding hydrogens is 308 g/mol. The van der Waals surface area contributed by atoms with Gasteiger partial charge in [-0.2, -0.15) is 9.97 Å². The third-order valence-electron chi connectivity index (χ3n) is 2.77. The summed E-state index contributed by atoms with van der Waals surface area (Å²) in [5.41, 5.74) is 0. The minimum atomic E-state index is -3.50. The lowest BCUT2D eigenvalue weighted by molar-refractivity contribution is 0.361. The van der Waals surface area contributed by atoms with Gasteiger partial charge in [0, 0.05) is 12.3 Å². The molecule has 0 aromatic carbocycles. The standard InChI is InChI=1S/C13H20N4O4S/c1-8(2)5-10-14-12(20-16-10)7-22(18,19)6-11-15-13(9(3)4)21-17-11/h8-9H,5-7H2,1-4H3. The summed E-state index contributed by atoms with van der Waals surface area (Å²) in [4.78, 5) is 8.15. The molecule has 0 saturated carbocycles. The number of sulfone groups is 1. The van der Waals surface area contributed by atoms with Crippen molar-refractivity contribution in [2.24, 2.45) is 5.92 Å². The van der Waals surface area contributed by atoms with E-state index >= 15 is 0 Å². The van der Waals surface area contributed by atoms with E-state index in [1.54, 1.807) is 0 Å². The lowest BCUT2D eigenvalue weighted by Crippen LogP contribution is -2.09. The smallest absolute Gasteiger partial charge is 0.241 e. The molecule has 0 aliphatic heterocycles. The molecule has 0 aliphatic carbocycles. The van der Waals surface area contributed by atoms with E-state index < -0.39 is 9.84 Å². The highest BCUT2D eigenvalue weighted by atomic mass is 32.2. The largest absolute Gasteiger partial charge is 0.339 e. The molecule has 0 amide bonds. The summed E-state index contributed by atoms with van der Waals surface area (Å²) in [7, 11) is -3.50. The van der Waals surface area contributed by atoms with E-state index in [0.29, 0.717) is 24.1 Å². The van der Waals surface area contributed by atoms with Crippen LogP contribution in [0.2, 0.25) is 0 Å². The maximum Gasteiger partial charge on any atom is 0.241 e. The molecule has 0 bridgehead atoms. The maximum absolute atomic E-state index is 12.1. The van der Waals surface area contributed by atoms with Gasteiger partial charge in [0.2, 0.25) is 11.8 Å². The van der Waals surface area contributed by atoms with Crippen LogP contribution in [0.3, 0.4) is 0 Å². The summed E-state index contributed by atoms with van der Waals surface area (Å²) in [6.07, 6.45) is 0.645. The van der Waals surface area contributed by atoms with Crippen LogP contribution in [0.15, 0.2) is 9.05 Å². The van der Waals surface area contributed by atoms with Crippen LogP contribution in [0.25, 0.3) is 0 Å². The van der Waals surface area contributed by atoms with E-state index in [0.717, 1.165) is 0 Å². The van der Waals surface area contributed by atoms with Crippen LogP contribution in [0.5, 0.6) is 0 Å². The van der Waals surface area contributed by atoms with Gasteiger partial charge in [0.05, 0.1) is 0 Å². The van der Waals surface area contributed by atoms with Gasteiger partial charge in [-0.15, -0.1) is 0 Å². The summed E-state index contributed by atoms with van der Waals surface area (Å²) in [5, 5.41) is 7.45. The quantitative estimate of drug-likeness (QED) is 0.757. The zero-order chi connectivity index (χ0) is 16.3. The van der Waals surface area contributed by atoms with Gasteiger partial charge in [-0.3, -0.25) is 0 Å². The van der Waals surface area contributed by atoms with E-state index in [1.807, 2.05) is 27.7 Å². The second-order valence-corrected chi connectivity index (χ2v) is 8.00. The van der Waals surface area contributed by atoms with E-state index in [9.17, 15) is 8.42 Å². The Kier molecular flexibility index (Phi) is 4.94. The minimum Gasteiger partial charge on any atom is -0.339 e. The van der Waals surface area contributed by atoms with Crippen molar-refractivity contribution in [3.05, 3.63) is 23.4 Å². The Morgan fingerprint density at radius 1 is 0.955 bits per heavy atom. The molecule has 8 nitrogen and oxygen atoms in total. The third kappa shape index (κ3) is 4.62. The predicted octanol–water partition coefficient (Wildman–Crippen LogP) is 1.89. The van der Waals surface area contributed by atoms with Gasteiger partial charge in [-0.1, -0.05) is 38.0 Å². The second kappa shape index (κ2) is 6.55. The van der Waals surface area contributed by atoms with Crippen molar-refractivity contribution in [3.8, 4) is 0 Å². The molecule has 9 heteroatoms. The average Bonchev–Trinajstić information content (AvgIpc) is 2.97. The lowest BCUT2D eigenvalue weighted by atomic mass is 10.1. The number of rotatable bonds is 7. The van der Waals surface area contributed by atoms with E-state index in [1.165, 1.54) is 0 Å². The van der Waals surface area contributed by atoms with Gasteiger partial charge in [0.1, 0.15) is 11.5 Å². The molecule has 2 heterocycles. The maximum atomic E-state index is 12.1. The van der Waals surface area contributed by atoms with Crippen LogP contribution in [0, 0.1) is 5.92 Å². The number of aromatic nitrogens is 4. The molecule has 0 fully saturated rings. The van der Waals surface area contributed by atoms with Crippen LogP contribution < -0.4 is 0 Å². The molecule has 2 aromatic rings. The van der Waals surface area contributed by atoms with Gasteiger partial charge in [0.25, 0.3) is 0 Å². The first-order chi connectivity index (χ1) is 10.2. The fourth-order valence-corrected chi connectivity index (χ4v) is 2.90. The Morgan fingerprint density at radius 3 is 2.23 bits per heavy atom. The SMILES string of the molecule is CC(C)Cc1noc(CS(=O)(=O)Cc2noc(C(C)C)n2)n1. The summed E-state index contributed by atoms with van der Waals surface area (Å²) in [5.74, 6) is 0.946. The molecule has 2 rings (SSSR count). The predicted molar refractivity (Wildman–Crippen MR) is 77.6 cm³/mol. The summed E-state index contributed by atoms with van der Waals surface area (Å²) in [6.45, 7) is 7.83. The van der Waals surface area contributed by atoms with Gasteiger partial charge >= 0.3 is 0 Å². The molecular formula is C13H20N4O4S. The van der Waals surface area contributed by atoms with E-state index in [4.69, 9.17) is 9.05 Å².